The van der Waals surface area contributed by atoms with Gasteiger partial charge in [-0.2, -0.15) is 0 Å². The molecule has 0 unspecified atom stereocenters. The van der Waals surface area contributed by atoms with E-state index in [1.165, 1.54) is 16.2 Å². The normalized spacial score (nSPS) is 15.3. The average Bonchev–Trinajstić information content (AvgIpc) is 2.63. The van der Waals surface area contributed by atoms with Crippen LogP contribution in [0.1, 0.15) is 12.5 Å². The molecule has 2 N–H and O–H groups in total. The number of anilines is 2. The highest BCUT2D eigenvalue weighted by molar-refractivity contribution is 5.91. The number of amides is 1. The molecule has 0 saturated carbocycles. The second-order valence-electron chi connectivity index (χ2n) is 6.35. The molecule has 0 bridgehead atoms. The van der Waals surface area contributed by atoms with Crippen LogP contribution in [-0.2, 0) is 11.2 Å². The van der Waals surface area contributed by atoms with Gasteiger partial charge in [-0.05, 0) is 36.2 Å². The second-order valence-corrected chi connectivity index (χ2v) is 6.35. The molecular weight excluding hydrogens is 298 g/mol. The third-order valence-corrected chi connectivity index (χ3v) is 4.62. The van der Waals surface area contributed by atoms with E-state index < -0.39 is 0 Å². The Kier molecular flexibility index (Phi) is 5.49. The minimum absolute atomic E-state index is 0.103. The third-order valence-electron chi connectivity index (χ3n) is 4.62. The van der Waals surface area contributed by atoms with Crippen LogP contribution in [0.25, 0.3) is 0 Å². The molecule has 126 valence electrons. The first kappa shape index (κ1) is 16.5. The van der Waals surface area contributed by atoms with Crippen LogP contribution in [0, 0.1) is 0 Å². The van der Waals surface area contributed by atoms with E-state index in [-0.39, 0.29) is 5.91 Å². The number of rotatable bonds is 5. The second kappa shape index (κ2) is 7.97. The molecule has 1 heterocycles. The minimum atomic E-state index is 0.103. The Hall–Kier alpha value is -2.33. The molecule has 4 nitrogen and oxygen atoms in total. The van der Waals surface area contributed by atoms with Crippen LogP contribution in [0.15, 0.2) is 54.6 Å². The van der Waals surface area contributed by atoms with E-state index in [0.29, 0.717) is 6.54 Å². The number of para-hydroxylation sites is 1. The van der Waals surface area contributed by atoms with E-state index in [1.54, 1.807) is 0 Å². The van der Waals surface area contributed by atoms with E-state index in [4.69, 9.17) is 0 Å². The van der Waals surface area contributed by atoms with Gasteiger partial charge in [-0.15, -0.1) is 0 Å². The maximum absolute atomic E-state index is 12.3. The zero-order chi connectivity index (χ0) is 16.8. The highest BCUT2D eigenvalue weighted by atomic mass is 16.2. The van der Waals surface area contributed by atoms with Crippen molar-refractivity contribution < 1.29 is 9.69 Å². The number of hydrogen-bond acceptors (Lipinski definition) is 2. The van der Waals surface area contributed by atoms with Gasteiger partial charge in [0.2, 0.25) is 0 Å². The Balaban J connectivity index is 1.48. The number of benzene rings is 2. The van der Waals surface area contributed by atoms with Gasteiger partial charge in [0.25, 0.3) is 5.91 Å². The Morgan fingerprint density at radius 1 is 1.08 bits per heavy atom. The molecule has 0 radical (unpaired) electrons. The lowest BCUT2D eigenvalue weighted by atomic mass is 10.1. The number of nitrogens with one attached hydrogen (secondary N) is 2. The zero-order valence-electron chi connectivity index (χ0n) is 14.3. The van der Waals surface area contributed by atoms with Crippen molar-refractivity contribution in [3.63, 3.8) is 0 Å². The number of carbonyl (C=O) groups excluding carboxylic acids is 1. The first-order valence-corrected chi connectivity index (χ1v) is 8.77. The fraction of sp³-hybridized carbons (Fsp3) is 0.350. The topological polar surface area (TPSA) is 36.8 Å². The number of aryl methyl sites for hydroxylation is 1. The molecule has 1 saturated heterocycles. The number of quaternary nitrogens is 1. The van der Waals surface area contributed by atoms with Crippen molar-refractivity contribution in [1.82, 2.24) is 0 Å². The first-order chi connectivity index (χ1) is 11.7. The van der Waals surface area contributed by atoms with Crippen molar-refractivity contribution in [2.45, 2.75) is 13.3 Å². The van der Waals surface area contributed by atoms with Gasteiger partial charge >= 0.3 is 0 Å². The van der Waals surface area contributed by atoms with Crippen molar-refractivity contribution in [3.05, 3.63) is 60.2 Å². The van der Waals surface area contributed by atoms with Gasteiger partial charge in [0.15, 0.2) is 6.54 Å². The molecule has 1 fully saturated rings. The largest absolute Gasteiger partial charge is 0.360 e. The quantitative estimate of drug-likeness (QED) is 0.876. The summed E-state index contributed by atoms with van der Waals surface area (Å²) in [5.41, 5.74) is 3.43. The summed E-state index contributed by atoms with van der Waals surface area (Å²) in [4.78, 5) is 16.0. The number of piperazine rings is 1. The highest BCUT2D eigenvalue weighted by Gasteiger charge is 2.22. The monoisotopic (exact) mass is 324 g/mol. The number of hydrogen-bond donors (Lipinski definition) is 2. The van der Waals surface area contributed by atoms with Crippen molar-refractivity contribution >= 4 is 17.3 Å². The van der Waals surface area contributed by atoms with Gasteiger partial charge < -0.3 is 15.1 Å². The van der Waals surface area contributed by atoms with Crippen LogP contribution < -0.4 is 15.1 Å². The predicted octanol–water partition coefficient (Wildman–Crippen LogP) is 1.59. The average molecular weight is 324 g/mol. The SMILES string of the molecule is CCc1cccc(NC(=O)C[NH+]2CCN(c3ccccc3)CC2)c1. The van der Waals surface area contributed by atoms with Gasteiger partial charge in [0.05, 0.1) is 26.2 Å². The molecule has 3 rings (SSSR count). The molecule has 1 amide bonds. The summed E-state index contributed by atoms with van der Waals surface area (Å²) in [5.74, 6) is 0.103. The maximum atomic E-state index is 12.3. The summed E-state index contributed by atoms with van der Waals surface area (Å²) in [7, 11) is 0. The van der Waals surface area contributed by atoms with Crippen LogP contribution in [-0.4, -0.2) is 38.6 Å². The summed E-state index contributed by atoms with van der Waals surface area (Å²) < 4.78 is 0. The van der Waals surface area contributed by atoms with Crippen molar-refractivity contribution in [2.75, 3.05) is 42.9 Å². The maximum Gasteiger partial charge on any atom is 0.279 e. The van der Waals surface area contributed by atoms with Crippen LogP contribution in [0.5, 0.6) is 0 Å². The Morgan fingerprint density at radius 2 is 1.83 bits per heavy atom. The van der Waals surface area contributed by atoms with Gasteiger partial charge in [-0.1, -0.05) is 37.3 Å². The minimum Gasteiger partial charge on any atom is -0.360 e. The van der Waals surface area contributed by atoms with Gasteiger partial charge in [0, 0.05) is 11.4 Å². The van der Waals surface area contributed by atoms with Gasteiger partial charge in [0.1, 0.15) is 0 Å². The molecule has 0 aliphatic carbocycles. The van der Waals surface area contributed by atoms with E-state index in [1.807, 2.05) is 18.2 Å². The van der Waals surface area contributed by atoms with E-state index in [0.717, 1.165) is 38.3 Å². The Labute approximate surface area is 144 Å². The fourth-order valence-electron chi connectivity index (χ4n) is 3.20. The molecule has 0 spiro atoms. The zero-order valence-corrected chi connectivity index (χ0v) is 14.3. The Bertz CT molecular complexity index is 664. The lowest BCUT2D eigenvalue weighted by Gasteiger charge is -2.33. The third kappa shape index (κ3) is 4.36. The summed E-state index contributed by atoms with van der Waals surface area (Å²) in [6.45, 7) is 6.65. The molecule has 2 aromatic rings. The van der Waals surface area contributed by atoms with E-state index in [9.17, 15) is 4.79 Å². The van der Waals surface area contributed by atoms with E-state index >= 15 is 0 Å². The fourth-order valence-corrected chi connectivity index (χ4v) is 3.20. The molecule has 4 heteroatoms. The lowest BCUT2D eigenvalue weighted by Crippen LogP contribution is -3.15. The summed E-state index contributed by atoms with van der Waals surface area (Å²) >= 11 is 0. The van der Waals surface area contributed by atoms with Crippen molar-refractivity contribution in [1.29, 1.82) is 0 Å². The summed E-state index contributed by atoms with van der Waals surface area (Å²) in [5, 5.41) is 3.03. The molecule has 1 aliphatic heterocycles. The predicted molar refractivity (Wildman–Crippen MR) is 98.7 cm³/mol. The smallest absolute Gasteiger partial charge is 0.279 e. The first-order valence-electron chi connectivity index (χ1n) is 8.77. The molecule has 2 aromatic carbocycles. The summed E-state index contributed by atoms with van der Waals surface area (Å²) in [6.07, 6.45) is 0.983. The van der Waals surface area contributed by atoms with Crippen LogP contribution in [0.4, 0.5) is 11.4 Å². The molecule has 0 aromatic heterocycles. The van der Waals surface area contributed by atoms with E-state index in [2.05, 4.69) is 53.5 Å². The molecular formula is C20H26N3O+. The summed E-state index contributed by atoms with van der Waals surface area (Å²) in [6, 6.07) is 18.6. The van der Waals surface area contributed by atoms with Crippen LogP contribution in [0.3, 0.4) is 0 Å². The number of nitrogens with zero attached hydrogens (tertiary/aromatic N) is 1. The molecule has 0 atom stereocenters. The lowest BCUT2D eigenvalue weighted by molar-refractivity contribution is -0.892. The van der Waals surface area contributed by atoms with Crippen molar-refractivity contribution in [3.8, 4) is 0 Å². The van der Waals surface area contributed by atoms with Crippen LogP contribution >= 0.6 is 0 Å². The van der Waals surface area contributed by atoms with Crippen LogP contribution in [0.2, 0.25) is 0 Å². The molecule has 24 heavy (non-hydrogen) atoms. The number of carbonyl (C=O) groups is 1. The highest BCUT2D eigenvalue weighted by Crippen LogP contribution is 2.12. The van der Waals surface area contributed by atoms with Gasteiger partial charge in [-0.3, -0.25) is 4.79 Å². The molecule has 1 aliphatic rings. The Morgan fingerprint density at radius 3 is 2.54 bits per heavy atom. The van der Waals surface area contributed by atoms with Gasteiger partial charge in [-0.25, -0.2) is 0 Å². The van der Waals surface area contributed by atoms with Crippen molar-refractivity contribution in [2.24, 2.45) is 0 Å². The standard InChI is InChI=1S/C20H25N3O/c1-2-17-7-6-8-18(15-17)21-20(24)16-22-11-13-23(14-12-22)19-9-4-3-5-10-19/h3-10,15H,2,11-14,16H2,1H3,(H,21,24)/p+1.